The van der Waals surface area contributed by atoms with Gasteiger partial charge in [-0.3, -0.25) is 4.79 Å². The van der Waals surface area contributed by atoms with Crippen molar-refractivity contribution < 1.29 is 9.18 Å². The van der Waals surface area contributed by atoms with Gasteiger partial charge in [0.05, 0.1) is 5.52 Å². The van der Waals surface area contributed by atoms with Crippen LogP contribution in [0.5, 0.6) is 0 Å². The van der Waals surface area contributed by atoms with Crippen molar-refractivity contribution in [1.82, 2.24) is 15.3 Å². The second kappa shape index (κ2) is 7.39. The van der Waals surface area contributed by atoms with Gasteiger partial charge in [-0.2, -0.15) is 0 Å². The number of nitrogens with one attached hydrogen (secondary N) is 3. The van der Waals surface area contributed by atoms with E-state index in [2.05, 4.69) is 41.3 Å². The largest absolute Gasteiger partial charge is 0.356 e. The lowest BCUT2D eigenvalue weighted by atomic mass is 10.0. The van der Waals surface area contributed by atoms with E-state index in [0.29, 0.717) is 30.1 Å². The first-order valence-electron chi connectivity index (χ1n) is 10.0. The Morgan fingerprint density at radius 3 is 2.66 bits per heavy atom. The number of rotatable bonds is 5. The van der Waals surface area contributed by atoms with E-state index in [-0.39, 0.29) is 11.7 Å². The molecule has 3 N–H and O–H groups in total. The molecule has 0 atom stereocenters. The Labute approximate surface area is 169 Å². The summed E-state index contributed by atoms with van der Waals surface area (Å²) in [5.74, 6) is 0.0646. The van der Waals surface area contributed by atoms with Crippen LogP contribution in [-0.2, 0) is 6.42 Å². The van der Waals surface area contributed by atoms with Crippen LogP contribution in [0.4, 0.5) is 4.39 Å². The highest BCUT2D eigenvalue weighted by Crippen LogP contribution is 2.28. The first-order chi connectivity index (χ1) is 13.8. The van der Waals surface area contributed by atoms with Crippen molar-refractivity contribution in [2.24, 2.45) is 0 Å². The van der Waals surface area contributed by atoms with E-state index < -0.39 is 0 Å². The number of aromatic amines is 2. The number of H-pyrrole nitrogens is 2. The van der Waals surface area contributed by atoms with Gasteiger partial charge in [-0.05, 0) is 67.1 Å². The maximum atomic E-state index is 14.1. The maximum Gasteiger partial charge on any atom is 0.267 e. The van der Waals surface area contributed by atoms with Crippen LogP contribution in [-0.4, -0.2) is 22.4 Å². The van der Waals surface area contributed by atoms with Crippen LogP contribution in [0.1, 0.15) is 52.6 Å². The fourth-order valence-electron chi connectivity index (χ4n) is 3.98. The third-order valence-corrected chi connectivity index (χ3v) is 5.65. The summed E-state index contributed by atoms with van der Waals surface area (Å²) < 4.78 is 14.1. The normalized spacial score (nSPS) is 11.7. The molecule has 0 aliphatic rings. The van der Waals surface area contributed by atoms with E-state index in [1.165, 1.54) is 11.6 Å². The third-order valence-electron chi connectivity index (χ3n) is 5.65. The molecule has 2 aromatic carbocycles. The van der Waals surface area contributed by atoms with Gasteiger partial charge in [0.15, 0.2) is 0 Å². The zero-order valence-corrected chi connectivity index (χ0v) is 17.2. The van der Waals surface area contributed by atoms with Crippen molar-refractivity contribution >= 4 is 27.7 Å². The van der Waals surface area contributed by atoms with Crippen molar-refractivity contribution in [3.63, 3.8) is 0 Å². The number of fused-ring (bicyclic) bond motifs is 2. The van der Waals surface area contributed by atoms with Crippen molar-refractivity contribution in [2.45, 2.75) is 40.0 Å². The number of aryl methyl sites for hydroxylation is 2. The standard InChI is InChI=1S/C24H26FN3O/c1-13(2)16-6-8-20-17(11-16)12-21(28-20)24(29)26-10-9-18-15(4)27-23-19(25)7-5-14(3)22(18)23/h5-8,11-13,27-28H,9-10H2,1-4H3,(H,26,29). The van der Waals surface area contributed by atoms with Gasteiger partial charge in [0, 0.05) is 28.5 Å². The molecule has 0 aliphatic carbocycles. The number of carbonyl (C=O) groups excluding carboxylic acids is 1. The minimum atomic E-state index is -0.247. The Morgan fingerprint density at radius 1 is 1.10 bits per heavy atom. The highest BCUT2D eigenvalue weighted by atomic mass is 19.1. The molecule has 0 saturated heterocycles. The van der Waals surface area contributed by atoms with E-state index in [1.807, 2.05) is 26.0 Å². The van der Waals surface area contributed by atoms with E-state index in [4.69, 9.17) is 0 Å². The van der Waals surface area contributed by atoms with Crippen LogP contribution < -0.4 is 5.32 Å². The van der Waals surface area contributed by atoms with Crippen LogP contribution in [0, 0.1) is 19.7 Å². The minimum Gasteiger partial charge on any atom is -0.356 e. The smallest absolute Gasteiger partial charge is 0.267 e. The SMILES string of the molecule is Cc1[nH]c2c(F)ccc(C)c2c1CCNC(=O)c1cc2cc(C(C)C)ccc2[nH]1. The molecule has 2 aromatic heterocycles. The topological polar surface area (TPSA) is 60.7 Å². The summed E-state index contributed by atoms with van der Waals surface area (Å²) in [5, 5.41) is 4.95. The maximum absolute atomic E-state index is 14.1. The van der Waals surface area contributed by atoms with Gasteiger partial charge in [-0.1, -0.05) is 26.0 Å². The number of hydrogen-bond donors (Lipinski definition) is 3. The molecular weight excluding hydrogens is 365 g/mol. The minimum absolute atomic E-state index is 0.132. The second-order valence-electron chi connectivity index (χ2n) is 8.03. The summed E-state index contributed by atoms with van der Waals surface area (Å²) in [5.41, 5.74) is 6.33. The first kappa shape index (κ1) is 19.2. The number of amides is 1. The van der Waals surface area contributed by atoms with Gasteiger partial charge in [-0.15, -0.1) is 0 Å². The Hall–Kier alpha value is -3.08. The van der Waals surface area contributed by atoms with Crippen LogP contribution >= 0.6 is 0 Å². The van der Waals surface area contributed by atoms with Crippen molar-refractivity contribution in [3.05, 3.63) is 70.3 Å². The van der Waals surface area contributed by atoms with Crippen LogP contribution in [0.25, 0.3) is 21.8 Å². The summed E-state index contributed by atoms with van der Waals surface area (Å²) in [6, 6.07) is 11.4. The Morgan fingerprint density at radius 2 is 1.90 bits per heavy atom. The van der Waals surface area contributed by atoms with E-state index in [1.54, 1.807) is 6.07 Å². The predicted octanol–water partition coefficient (Wildman–Crippen LogP) is 5.50. The molecular formula is C24H26FN3O. The van der Waals surface area contributed by atoms with Crippen molar-refractivity contribution in [2.75, 3.05) is 6.54 Å². The molecule has 5 heteroatoms. The Kier molecular flexibility index (Phi) is 4.91. The van der Waals surface area contributed by atoms with Crippen LogP contribution in [0.15, 0.2) is 36.4 Å². The van der Waals surface area contributed by atoms with Gasteiger partial charge in [0.25, 0.3) is 5.91 Å². The molecule has 0 radical (unpaired) electrons. The van der Waals surface area contributed by atoms with Gasteiger partial charge in [-0.25, -0.2) is 4.39 Å². The molecule has 2 heterocycles. The Balaban J connectivity index is 1.50. The zero-order valence-electron chi connectivity index (χ0n) is 17.2. The quantitative estimate of drug-likeness (QED) is 0.413. The fraction of sp³-hybridized carbons (Fsp3) is 0.292. The average Bonchev–Trinajstić information content (AvgIpc) is 3.26. The fourth-order valence-corrected chi connectivity index (χ4v) is 3.98. The van der Waals surface area contributed by atoms with Crippen LogP contribution in [0.2, 0.25) is 0 Å². The van der Waals surface area contributed by atoms with E-state index in [9.17, 15) is 9.18 Å². The molecule has 4 rings (SSSR count). The average molecular weight is 391 g/mol. The zero-order chi connectivity index (χ0) is 20.7. The predicted molar refractivity (Wildman–Crippen MR) is 116 cm³/mol. The van der Waals surface area contributed by atoms with Crippen LogP contribution in [0.3, 0.4) is 0 Å². The van der Waals surface area contributed by atoms with Crippen molar-refractivity contribution in [3.8, 4) is 0 Å². The molecule has 29 heavy (non-hydrogen) atoms. The van der Waals surface area contributed by atoms with Gasteiger partial charge < -0.3 is 15.3 Å². The molecule has 0 unspecified atom stereocenters. The highest BCUT2D eigenvalue weighted by Gasteiger charge is 2.15. The monoisotopic (exact) mass is 391 g/mol. The summed E-state index contributed by atoms with van der Waals surface area (Å²) in [7, 11) is 0. The first-order valence-corrected chi connectivity index (χ1v) is 10.0. The number of halogens is 1. The van der Waals surface area contributed by atoms with Gasteiger partial charge in [0.2, 0.25) is 0 Å². The lowest BCUT2D eigenvalue weighted by Gasteiger charge is -2.06. The van der Waals surface area contributed by atoms with E-state index >= 15 is 0 Å². The molecule has 0 saturated carbocycles. The number of benzene rings is 2. The molecule has 0 bridgehead atoms. The van der Waals surface area contributed by atoms with E-state index in [0.717, 1.165) is 33.1 Å². The molecule has 0 aliphatic heterocycles. The summed E-state index contributed by atoms with van der Waals surface area (Å²) in [6.07, 6.45) is 0.638. The number of carbonyl (C=O) groups is 1. The third kappa shape index (κ3) is 3.53. The Bertz CT molecular complexity index is 1220. The summed E-state index contributed by atoms with van der Waals surface area (Å²) >= 11 is 0. The van der Waals surface area contributed by atoms with Gasteiger partial charge in [0.1, 0.15) is 11.5 Å². The number of hydrogen-bond acceptors (Lipinski definition) is 1. The second-order valence-corrected chi connectivity index (χ2v) is 8.03. The molecule has 150 valence electrons. The molecule has 1 amide bonds. The lowest BCUT2D eigenvalue weighted by molar-refractivity contribution is 0.0950. The lowest BCUT2D eigenvalue weighted by Crippen LogP contribution is -2.26. The molecule has 0 fully saturated rings. The highest BCUT2D eigenvalue weighted by molar-refractivity contribution is 5.98. The molecule has 4 nitrogen and oxygen atoms in total. The van der Waals surface area contributed by atoms with Gasteiger partial charge >= 0.3 is 0 Å². The molecule has 4 aromatic rings. The number of aromatic nitrogens is 2. The molecule has 0 spiro atoms. The summed E-state index contributed by atoms with van der Waals surface area (Å²) in [4.78, 5) is 19.0. The summed E-state index contributed by atoms with van der Waals surface area (Å²) in [6.45, 7) is 8.71. The van der Waals surface area contributed by atoms with Crippen molar-refractivity contribution in [1.29, 1.82) is 0 Å².